The second-order valence-corrected chi connectivity index (χ2v) is 5.15. The van der Waals surface area contributed by atoms with Crippen molar-refractivity contribution >= 4 is 17.8 Å². The summed E-state index contributed by atoms with van der Waals surface area (Å²) in [5.74, 6) is 0.582. The molecular formula is C13H22N6O2. The van der Waals surface area contributed by atoms with Crippen molar-refractivity contribution in [1.82, 2.24) is 10.2 Å². The Labute approximate surface area is 123 Å². The zero-order valence-electron chi connectivity index (χ0n) is 11.9. The van der Waals surface area contributed by atoms with Crippen molar-refractivity contribution in [2.24, 2.45) is 11.7 Å². The van der Waals surface area contributed by atoms with Crippen LogP contribution >= 0.6 is 0 Å². The molecule has 8 nitrogen and oxygen atoms in total. The molecule has 2 fully saturated rings. The lowest BCUT2D eigenvalue weighted by Crippen LogP contribution is -2.43. The van der Waals surface area contributed by atoms with Crippen LogP contribution in [-0.4, -0.2) is 55.5 Å². The number of rotatable bonds is 5. The zero-order chi connectivity index (χ0) is 15.2. The van der Waals surface area contributed by atoms with E-state index in [0.29, 0.717) is 37.8 Å². The van der Waals surface area contributed by atoms with Gasteiger partial charge in [-0.05, 0) is 18.8 Å². The highest BCUT2D eigenvalue weighted by molar-refractivity contribution is 6.20. The molecule has 1 aliphatic heterocycles. The van der Waals surface area contributed by atoms with Crippen molar-refractivity contribution in [3.05, 3.63) is 11.8 Å². The predicted molar refractivity (Wildman–Crippen MR) is 79.7 cm³/mol. The number of hydrogen-bond donors (Lipinski definition) is 5. The summed E-state index contributed by atoms with van der Waals surface area (Å²) in [6.45, 7) is 3.16. The van der Waals surface area contributed by atoms with Crippen molar-refractivity contribution < 1.29 is 9.47 Å². The fourth-order valence-electron chi connectivity index (χ4n) is 2.01. The molecule has 0 radical (unpaired) electrons. The monoisotopic (exact) mass is 294 g/mol. The molecule has 1 saturated carbocycles. The average Bonchev–Trinajstić information content (AvgIpc) is 3.27. The van der Waals surface area contributed by atoms with E-state index in [1.807, 2.05) is 4.90 Å². The van der Waals surface area contributed by atoms with Gasteiger partial charge in [-0.2, -0.15) is 0 Å². The minimum Gasteiger partial charge on any atom is -0.407 e. The maximum absolute atomic E-state index is 8.25. The second kappa shape index (κ2) is 7.07. The molecule has 1 aliphatic carbocycles. The average molecular weight is 294 g/mol. The van der Waals surface area contributed by atoms with Crippen molar-refractivity contribution in [3.8, 4) is 0 Å². The lowest BCUT2D eigenvalue weighted by atomic mass is 10.2. The quantitative estimate of drug-likeness (QED) is 0.361. The zero-order valence-corrected chi connectivity index (χ0v) is 11.9. The molecule has 2 aliphatic rings. The number of nitrogens with one attached hydrogen (secondary N) is 4. The van der Waals surface area contributed by atoms with Gasteiger partial charge in [0.05, 0.1) is 18.8 Å². The molecule has 116 valence electrons. The molecule has 0 spiro atoms. The van der Waals surface area contributed by atoms with Crippen molar-refractivity contribution in [1.29, 1.82) is 16.2 Å². The first-order chi connectivity index (χ1) is 10.1. The lowest BCUT2D eigenvalue weighted by molar-refractivity contribution is 0.0679. The summed E-state index contributed by atoms with van der Waals surface area (Å²) in [5, 5.41) is 26.4. The fourth-order valence-corrected chi connectivity index (χ4v) is 2.01. The van der Waals surface area contributed by atoms with Crippen LogP contribution in [-0.2, 0) is 9.47 Å². The Kier molecular flexibility index (Phi) is 5.15. The van der Waals surface area contributed by atoms with Gasteiger partial charge in [-0.3, -0.25) is 16.2 Å². The number of nitrogens with two attached hydrogens (primary N) is 1. The van der Waals surface area contributed by atoms with E-state index in [9.17, 15) is 0 Å². The Morgan fingerprint density at radius 1 is 1.29 bits per heavy atom. The highest BCUT2D eigenvalue weighted by Gasteiger charge is 2.23. The summed E-state index contributed by atoms with van der Waals surface area (Å²) in [7, 11) is 0. The number of hydrogen-bond acceptors (Lipinski definition) is 6. The van der Waals surface area contributed by atoms with Gasteiger partial charge in [0.25, 0.3) is 6.02 Å². The standard InChI is InChI=1S/C13H22N6O2/c14-11(19-3-5-20-6-4-19)10(12(15)21-13(16)17)8-18-7-9-1-2-9/h8-9,14-15,18H,1-7H2,(H3,16,17)/b10-8+,14-11?,15-12?. The van der Waals surface area contributed by atoms with Crippen LogP contribution in [0.3, 0.4) is 0 Å². The molecule has 21 heavy (non-hydrogen) atoms. The summed E-state index contributed by atoms with van der Waals surface area (Å²) in [6.07, 6.45) is 4.05. The maximum Gasteiger partial charge on any atom is 0.285 e. The van der Waals surface area contributed by atoms with Crippen LogP contribution in [0.5, 0.6) is 0 Å². The van der Waals surface area contributed by atoms with Gasteiger partial charge in [-0.15, -0.1) is 0 Å². The molecular weight excluding hydrogens is 272 g/mol. The fraction of sp³-hybridized carbons (Fsp3) is 0.615. The van der Waals surface area contributed by atoms with Gasteiger partial charge in [-0.25, -0.2) is 0 Å². The summed E-state index contributed by atoms with van der Waals surface area (Å²) in [6, 6.07) is -0.553. The van der Waals surface area contributed by atoms with Crippen LogP contribution in [0.1, 0.15) is 12.8 Å². The number of morpholine rings is 1. The first kappa shape index (κ1) is 15.3. The smallest absolute Gasteiger partial charge is 0.285 e. The van der Waals surface area contributed by atoms with Crippen molar-refractivity contribution in [2.75, 3.05) is 32.8 Å². The van der Waals surface area contributed by atoms with Crippen LogP contribution in [0.2, 0.25) is 0 Å². The normalized spacial score (nSPS) is 19.0. The summed E-state index contributed by atoms with van der Waals surface area (Å²) >= 11 is 0. The van der Waals surface area contributed by atoms with Gasteiger partial charge in [0, 0.05) is 25.8 Å². The van der Waals surface area contributed by atoms with E-state index in [1.54, 1.807) is 6.20 Å². The van der Waals surface area contributed by atoms with Gasteiger partial charge < -0.3 is 25.4 Å². The molecule has 0 atom stereocenters. The van der Waals surface area contributed by atoms with E-state index in [-0.39, 0.29) is 11.7 Å². The van der Waals surface area contributed by atoms with E-state index in [0.717, 1.165) is 6.54 Å². The minimum atomic E-state index is -0.553. The van der Waals surface area contributed by atoms with Crippen molar-refractivity contribution in [2.45, 2.75) is 12.8 Å². The summed E-state index contributed by atoms with van der Waals surface area (Å²) in [5.41, 5.74) is 5.46. The lowest BCUT2D eigenvalue weighted by Gasteiger charge is -2.29. The molecule has 0 aromatic rings. The van der Waals surface area contributed by atoms with Gasteiger partial charge in [0.15, 0.2) is 0 Å². The van der Waals surface area contributed by atoms with E-state index in [2.05, 4.69) is 5.32 Å². The van der Waals surface area contributed by atoms with Gasteiger partial charge >= 0.3 is 0 Å². The van der Waals surface area contributed by atoms with Crippen LogP contribution in [0.15, 0.2) is 11.8 Å². The maximum atomic E-state index is 8.25. The first-order valence-electron chi connectivity index (χ1n) is 7.04. The molecule has 0 amide bonds. The highest BCUT2D eigenvalue weighted by atomic mass is 16.5. The van der Waals surface area contributed by atoms with Crippen LogP contribution in [0.4, 0.5) is 0 Å². The predicted octanol–water partition coefficient (Wildman–Crippen LogP) is 0.0667. The molecule has 6 N–H and O–H groups in total. The SMILES string of the molecule is N=C(N)OC(=N)/C(=C/NCC1CC1)C(=N)N1CCOCC1. The number of nitrogens with zero attached hydrogens (tertiary/aromatic N) is 1. The highest BCUT2D eigenvalue weighted by Crippen LogP contribution is 2.27. The minimum absolute atomic E-state index is 0.188. The van der Waals surface area contributed by atoms with E-state index in [1.165, 1.54) is 12.8 Å². The Bertz CT molecular complexity index is 452. The molecule has 0 aromatic heterocycles. The Hall–Kier alpha value is -2.09. The topological polar surface area (TPSA) is 131 Å². The third-order valence-electron chi connectivity index (χ3n) is 3.39. The molecule has 1 saturated heterocycles. The molecule has 2 rings (SSSR count). The molecule has 0 aromatic carbocycles. The molecule has 0 unspecified atom stereocenters. The largest absolute Gasteiger partial charge is 0.407 e. The second-order valence-electron chi connectivity index (χ2n) is 5.15. The van der Waals surface area contributed by atoms with E-state index < -0.39 is 6.02 Å². The van der Waals surface area contributed by atoms with Gasteiger partial charge in [0.1, 0.15) is 5.84 Å². The van der Waals surface area contributed by atoms with Crippen molar-refractivity contribution in [3.63, 3.8) is 0 Å². The molecule has 1 heterocycles. The van der Waals surface area contributed by atoms with Gasteiger partial charge in [-0.1, -0.05) is 0 Å². The first-order valence-corrected chi connectivity index (χ1v) is 7.04. The molecule has 0 bridgehead atoms. The van der Waals surface area contributed by atoms with Crippen LogP contribution in [0, 0.1) is 22.1 Å². The van der Waals surface area contributed by atoms with E-state index >= 15 is 0 Å². The van der Waals surface area contributed by atoms with Crippen LogP contribution < -0.4 is 11.1 Å². The van der Waals surface area contributed by atoms with Crippen LogP contribution in [0.25, 0.3) is 0 Å². The Balaban J connectivity index is 2.02. The summed E-state index contributed by atoms with van der Waals surface area (Å²) < 4.78 is 10.1. The third kappa shape index (κ3) is 4.75. The number of ether oxygens (including phenoxy) is 2. The summed E-state index contributed by atoms with van der Waals surface area (Å²) in [4.78, 5) is 1.83. The number of amidine groups is 2. The molecule has 8 heteroatoms. The third-order valence-corrected chi connectivity index (χ3v) is 3.39. The van der Waals surface area contributed by atoms with Gasteiger partial charge in [0.2, 0.25) is 5.90 Å². The van der Waals surface area contributed by atoms with E-state index in [4.69, 9.17) is 31.4 Å². The Morgan fingerprint density at radius 3 is 2.52 bits per heavy atom. The Morgan fingerprint density at radius 2 is 1.95 bits per heavy atom.